The lowest BCUT2D eigenvalue weighted by atomic mass is 10.0. The summed E-state index contributed by atoms with van der Waals surface area (Å²) >= 11 is 0. The van der Waals surface area contributed by atoms with Gasteiger partial charge >= 0.3 is 0 Å². The number of phenols is 1. The smallest absolute Gasteiger partial charge is 0.276 e. The monoisotopic (exact) mass is 354 g/mol. The summed E-state index contributed by atoms with van der Waals surface area (Å²) in [6.07, 6.45) is 1.32. The minimum atomic E-state index is -3.77. The predicted octanol–water partition coefficient (Wildman–Crippen LogP) is 3.47. The molecule has 2 N–H and O–H groups in total. The Bertz CT molecular complexity index is 1070. The molecule has 0 amide bonds. The average Bonchev–Trinajstić information content (AvgIpc) is 2.59. The van der Waals surface area contributed by atoms with Gasteiger partial charge in [0.05, 0.1) is 11.1 Å². The van der Waals surface area contributed by atoms with E-state index < -0.39 is 10.0 Å². The van der Waals surface area contributed by atoms with Gasteiger partial charge in [-0.15, -0.1) is 0 Å². The molecule has 5 nitrogen and oxygen atoms in total. The van der Waals surface area contributed by atoms with Crippen molar-refractivity contribution in [1.29, 1.82) is 0 Å². The van der Waals surface area contributed by atoms with E-state index in [-0.39, 0.29) is 10.6 Å². The van der Waals surface area contributed by atoms with Crippen LogP contribution >= 0.6 is 0 Å². The summed E-state index contributed by atoms with van der Waals surface area (Å²) in [6, 6.07) is 15.7. The minimum absolute atomic E-state index is 0.0350. The number of benzene rings is 3. The van der Waals surface area contributed by atoms with Gasteiger partial charge in [0.15, 0.2) is 0 Å². The molecule has 0 saturated carbocycles. The highest BCUT2D eigenvalue weighted by Gasteiger charge is 2.13. The molecule has 0 aromatic heterocycles. The van der Waals surface area contributed by atoms with Gasteiger partial charge in [0.2, 0.25) is 0 Å². The van der Waals surface area contributed by atoms with Crippen LogP contribution in [-0.4, -0.2) is 19.7 Å². The molecule has 3 aromatic rings. The van der Waals surface area contributed by atoms with Crippen molar-refractivity contribution in [3.05, 3.63) is 71.3 Å². The molecule has 128 valence electrons. The Morgan fingerprint density at radius 3 is 2.52 bits per heavy atom. The normalized spacial score (nSPS) is 11.9. The molecule has 0 saturated heterocycles. The van der Waals surface area contributed by atoms with E-state index in [9.17, 15) is 13.5 Å². The van der Waals surface area contributed by atoms with Crippen LogP contribution in [0, 0.1) is 13.8 Å². The summed E-state index contributed by atoms with van der Waals surface area (Å²) < 4.78 is 24.7. The van der Waals surface area contributed by atoms with E-state index >= 15 is 0 Å². The van der Waals surface area contributed by atoms with E-state index in [1.54, 1.807) is 24.3 Å². The summed E-state index contributed by atoms with van der Waals surface area (Å²) in [4.78, 5) is 2.34. The molecule has 25 heavy (non-hydrogen) atoms. The molecular formula is C19H18N2O3S. The van der Waals surface area contributed by atoms with Crippen LogP contribution in [0.2, 0.25) is 0 Å². The van der Waals surface area contributed by atoms with Crippen molar-refractivity contribution in [2.75, 3.05) is 0 Å². The fraction of sp³-hybridized carbons (Fsp3) is 0.105. The molecule has 0 aliphatic rings. The molecule has 0 aliphatic heterocycles. The van der Waals surface area contributed by atoms with Crippen molar-refractivity contribution in [2.45, 2.75) is 18.7 Å². The first kappa shape index (κ1) is 17.0. The average molecular weight is 354 g/mol. The third-order valence-electron chi connectivity index (χ3n) is 4.10. The predicted molar refractivity (Wildman–Crippen MR) is 99.4 cm³/mol. The number of hydrazone groups is 1. The maximum absolute atomic E-state index is 12.3. The molecule has 0 aliphatic carbocycles. The van der Waals surface area contributed by atoms with Gasteiger partial charge in [-0.05, 0) is 53.9 Å². The first-order valence-corrected chi connectivity index (χ1v) is 9.19. The van der Waals surface area contributed by atoms with Crippen LogP contribution in [-0.2, 0) is 10.0 Å². The van der Waals surface area contributed by atoms with E-state index in [1.165, 1.54) is 12.3 Å². The Morgan fingerprint density at radius 1 is 1.00 bits per heavy atom. The van der Waals surface area contributed by atoms with Gasteiger partial charge in [-0.3, -0.25) is 0 Å². The Labute approximate surface area is 146 Å². The standard InChI is InChI=1S/C19H18N2O3S/c1-13-7-9-16(11-14(13)2)25(23,24)21-20-12-18-17-6-4-3-5-15(17)8-10-19(18)22/h3-12,21-22H,1-2H3/b20-12+. The Balaban J connectivity index is 1.90. The van der Waals surface area contributed by atoms with Crippen molar-refractivity contribution >= 4 is 27.0 Å². The second-order valence-corrected chi connectivity index (χ2v) is 7.48. The number of sulfonamides is 1. The highest BCUT2D eigenvalue weighted by molar-refractivity contribution is 7.89. The van der Waals surface area contributed by atoms with Crippen LogP contribution in [0.25, 0.3) is 10.8 Å². The molecule has 3 rings (SSSR count). The topological polar surface area (TPSA) is 78.8 Å². The van der Waals surface area contributed by atoms with E-state index in [0.29, 0.717) is 5.56 Å². The maximum Gasteiger partial charge on any atom is 0.276 e. The third kappa shape index (κ3) is 3.49. The number of nitrogens with one attached hydrogen (secondary N) is 1. The Hall–Kier alpha value is -2.86. The molecule has 6 heteroatoms. The number of fused-ring (bicyclic) bond motifs is 1. The van der Waals surface area contributed by atoms with Gasteiger partial charge in [-0.2, -0.15) is 13.5 Å². The third-order valence-corrected chi connectivity index (χ3v) is 5.32. The zero-order valence-electron chi connectivity index (χ0n) is 13.9. The summed E-state index contributed by atoms with van der Waals surface area (Å²) in [5.74, 6) is 0.0350. The first-order chi connectivity index (χ1) is 11.9. The van der Waals surface area contributed by atoms with Crippen molar-refractivity contribution in [2.24, 2.45) is 5.10 Å². The quantitative estimate of drug-likeness (QED) is 0.556. The largest absolute Gasteiger partial charge is 0.507 e. The summed E-state index contributed by atoms with van der Waals surface area (Å²) in [6.45, 7) is 3.77. The van der Waals surface area contributed by atoms with E-state index in [2.05, 4.69) is 9.93 Å². The van der Waals surface area contributed by atoms with Gasteiger partial charge in [0, 0.05) is 5.56 Å². The zero-order valence-corrected chi connectivity index (χ0v) is 14.7. The number of nitrogens with zero attached hydrogens (tertiary/aromatic N) is 1. The number of rotatable bonds is 4. The number of hydrogen-bond donors (Lipinski definition) is 2. The second-order valence-electron chi connectivity index (χ2n) is 5.82. The summed E-state index contributed by atoms with van der Waals surface area (Å²) in [5.41, 5.74) is 2.36. The second kappa shape index (κ2) is 6.57. The molecular weight excluding hydrogens is 336 g/mol. The molecule has 0 heterocycles. The molecule has 3 aromatic carbocycles. The molecule has 0 atom stereocenters. The van der Waals surface area contributed by atoms with Crippen LogP contribution in [0.1, 0.15) is 16.7 Å². The zero-order chi connectivity index (χ0) is 18.0. The van der Waals surface area contributed by atoms with Crippen LogP contribution in [0.3, 0.4) is 0 Å². The van der Waals surface area contributed by atoms with Gasteiger partial charge in [0.1, 0.15) is 5.75 Å². The molecule has 0 spiro atoms. The van der Waals surface area contributed by atoms with E-state index in [1.807, 2.05) is 38.1 Å². The van der Waals surface area contributed by atoms with Crippen LogP contribution in [0.5, 0.6) is 5.75 Å². The minimum Gasteiger partial charge on any atom is -0.507 e. The van der Waals surface area contributed by atoms with Gasteiger partial charge in [-0.25, -0.2) is 4.83 Å². The Kier molecular flexibility index (Phi) is 4.46. The van der Waals surface area contributed by atoms with Gasteiger partial charge in [0.25, 0.3) is 10.0 Å². The van der Waals surface area contributed by atoms with E-state index in [0.717, 1.165) is 21.9 Å². The summed E-state index contributed by atoms with van der Waals surface area (Å²) in [7, 11) is -3.77. The van der Waals surface area contributed by atoms with Crippen LogP contribution < -0.4 is 4.83 Å². The van der Waals surface area contributed by atoms with Gasteiger partial charge in [-0.1, -0.05) is 36.4 Å². The van der Waals surface area contributed by atoms with Crippen molar-refractivity contribution in [3.8, 4) is 5.75 Å². The SMILES string of the molecule is Cc1ccc(S(=O)(=O)N/N=C/c2c(O)ccc3ccccc23)cc1C. The van der Waals surface area contributed by atoms with Crippen molar-refractivity contribution in [3.63, 3.8) is 0 Å². The highest BCUT2D eigenvalue weighted by Crippen LogP contribution is 2.25. The Morgan fingerprint density at radius 2 is 1.76 bits per heavy atom. The first-order valence-electron chi connectivity index (χ1n) is 7.71. The lowest BCUT2D eigenvalue weighted by molar-refractivity contribution is 0.475. The lowest BCUT2D eigenvalue weighted by Crippen LogP contribution is -2.18. The fourth-order valence-corrected chi connectivity index (χ4v) is 3.39. The maximum atomic E-state index is 12.3. The van der Waals surface area contributed by atoms with Crippen molar-refractivity contribution in [1.82, 2.24) is 4.83 Å². The summed E-state index contributed by atoms with van der Waals surface area (Å²) in [5, 5.41) is 15.6. The number of hydrogen-bond acceptors (Lipinski definition) is 4. The molecule has 0 unspecified atom stereocenters. The number of aryl methyl sites for hydroxylation is 2. The van der Waals surface area contributed by atoms with Gasteiger partial charge < -0.3 is 5.11 Å². The van der Waals surface area contributed by atoms with Crippen molar-refractivity contribution < 1.29 is 13.5 Å². The van der Waals surface area contributed by atoms with Crippen LogP contribution in [0.4, 0.5) is 0 Å². The lowest BCUT2D eigenvalue weighted by Gasteiger charge is -2.07. The molecule has 0 fully saturated rings. The number of phenolic OH excluding ortho intramolecular Hbond substituents is 1. The number of aromatic hydroxyl groups is 1. The fourth-order valence-electron chi connectivity index (χ4n) is 2.51. The van der Waals surface area contributed by atoms with Crippen LogP contribution in [0.15, 0.2) is 64.6 Å². The molecule has 0 radical (unpaired) electrons. The van der Waals surface area contributed by atoms with E-state index in [4.69, 9.17) is 0 Å². The highest BCUT2D eigenvalue weighted by atomic mass is 32.2. The molecule has 0 bridgehead atoms.